The number of carbonyl (C=O) groups is 2. The molecule has 9 nitrogen and oxygen atoms in total. The lowest BCUT2D eigenvalue weighted by molar-refractivity contribution is -0.119. The lowest BCUT2D eigenvalue weighted by Crippen LogP contribution is -2.48. The summed E-state index contributed by atoms with van der Waals surface area (Å²) in [5, 5.41) is 12.4. The summed E-state index contributed by atoms with van der Waals surface area (Å²) in [6.07, 6.45) is 3.52. The van der Waals surface area contributed by atoms with Gasteiger partial charge in [0, 0.05) is 13.1 Å². The van der Waals surface area contributed by atoms with E-state index in [9.17, 15) is 9.59 Å². The minimum Gasteiger partial charge on any atom is -0.445 e. The molecular weight excluding hydrogens is 384 g/mol. The quantitative estimate of drug-likeness (QED) is 0.612. The fourth-order valence-corrected chi connectivity index (χ4v) is 3.33. The van der Waals surface area contributed by atoms with Crippen LogP contribution >= 0.6 is 0 Å². The molecular formula is C21H30N6O3. The van der Waals surface area contributed by atoms with Crippen molar-refractivity contribution in [2.45, 2.75) is 52.2 Å². The number of hydrogen-bond acceptors (Lipinski definition) is 6. The van der Waals surface area contributed by atoms with Gasteiger partial charge in [-0.25, -0.2) is 9.89 Å². The lowest BCUT2D eigenvalue weighted by Gasteiger charge is -2.25. The molecule has 2 heterocycles. The van der Waals surface area contributed by atoms with Crippen LogP contribution in [-0.4, -0.2) is 46.3 Å². The normalized spacial score (nSPS) is 15.9. The average Bonchev–Trinajstić information content (AvgIpc) is 3.25. The van der Waals surface area contributed by atoms with Crippen molar-refractivity contribution >= 4 is 23.9 Å². The van der Waals surface area contributed by atoms with Crippen molar-refractivity contribution in [2.24, 2.45) is 5.92 Å². The maximum absolute atomic E-state index is 12.8. The molecule has 0 aliphatic carbocycles. The van der Waals surface area contributed by atoms with Crippen LogP contribution in [0, 0.1) is 5.92 Å². The number of amides is 2. The fourth-order valence-electron chi connectivity index (χ4n) is 3.33. The number of hydrogen-bond donors (Lipinski definition) is 3. The predicted octanol–water partition coefficient (Wildman–Crippen LogP) is 3.07. The molecule has 0 spiro atoms. The Hall–Kier alpha value is -3.10. The molecule has 3 rings (SSSR count). The van der Waals surface area contributed by atoms with Gasteiger partial charge in [0.1, 0.15) is 12.6 Å². The first-order chi connectivity index (χ1) is 14.6. The molecule has 0 unspecified atom stereocenters. The first kappa shape index (κ1) is 21.6. The summed E-state index contributed by atoms with van der Waals surface area (Å²) < 4.78 is 5.26. The van der Waals surface area contributed by atoms with Crippen LogP contribution in [0.3, 0.4) is 0 Å². The number of aromatic amines is 1. The highest BCUT2D eigenvalue weighted by molar-refractivity contribution is 5.95. The first-order valence-corrected chi connectivity index (χ1v) is 10.5. The number of nitrogens with one attached hydrogen (secondary N) is 3. The van der Waals surface area contributed by atoms with Gasteiger partial charge in [-0.1, -0.05) is 50.6 Å². The van der Waals surface area contributed by atoms with Gasteiger partial charge in [0.15, 0.2) is 0 Å². The highest BCUT2D eigenvalue weighted by Crippen LogP contribution is 2.17. The molecule has 0 radical (unpaired) electrons. The minimum absolute atomic E-state index is 0.0845. The zero-order valence-electron chi connectivity index (χ0n) is 17.6. The monoisotopic (exact) mass is 414 g/mol. The lowest BCUT2D eigenvalue weighted by atomic mass is 9.98. The number of ether oxygens (including phenoxy) is 1. The third-order valence-electron chi connectivity index (χ3n) is 5.34. The van der Waals surface area contributed by atoms with Gasteiger partial charge < -0.3 is 15.0 Å². The van der Waals surface area contributed by atoms with Gasteiger partial charge in [-0.3, -0.25) is 10.1 Å². The number of alkyl carbamates (subject to hydrolysis) is 1. The molecule has 1 saturated heterocycles. The Morgan fingerprint density at radius 1 is 1.20 bits per heavy atom. The molecule has 162 valence electrons. The van der Waals surface area contributed by atoms with Crippen LogP contribution < -0.4 is 15.5 Å². The number of benzene rings is 1. The Kier molecular flexibility index (Phi) is 7.64. The van der Waals surface area contributed by atoms with Gasteiger partial charge in [-0.2, -0.15) is 4.98 Å². The van der Waals surface area contributed by atoms with Gasteiger partial charge in [0.05, 0.1) is 0 Å². The zero-order chi connectivity index (χ0) is 21.3. The highest BCUT2D eigenvalue weighted by atomic mass is 16.5. The summed E-state index contributed by atoms with van der Waals surface area (Å²) in [5.41, 5.74) is 0.879. The maximum Gasteiger partial charge on any atom is 0.408 e. The van der Waals surface area contributed by atoms with Gasteiger partial charge in [-0.15, -0.1) is 5.10 Å². The summed E-state index contributed by atoms with van der Waals surface area (Å²) in [7, 11) is 0. The summed E-state index contributed by atoms with van der Waals surface area (Å²) in [5.74, 6) is 0.412. The van der Waals surface area contributed by atoms with E-state index in [1.54, 1.807) is 0 Å². The smallest absolute Gasteiger partial charge is 0.408 e. The molecule has 1 aromatic heterocycles. The number of anilines is 2. The topological polar surface area (TPSA) is 112 Å². The third kappa shape index (κ3) is 5.95. The van der Waals surface area contributed by atoms with Crippen LogP contribution in [0.15, 0.2) is 30.3 Å². The largest absolute Gasteiger partial charge is 0.445 e. The highest BCUT2D eigenvalue weighted by Gasteiger charge is 2.27. The van der Waals surface area contributed by atoms with Crippen LogP contribution in [0.2, 0.25) is 0 Å². The molecule has 2 atom stereocenters. The Morgan fingerprint density at radius 3 is 2.63 bits per heavy atom. The molecule has 2 amide bonds. The van der Waals surface area contributed by atoms with Crippen molar-refractivity contribution in [1.29, 1.82) is 0 Å². The van der Waals surface area contributed by atoms with Gasteiger partial charge >= 0.3 is 6.09 Å². The summed E-state index contributed by atoms with van der Waals surface area (Å²) >= 11 is 0. The second kappa shape index (κ2) is 10.6. The van der Waals surface area contributed by atoms with Crippen LogP contribution in [0.25, 0.3) is 0 Å². The molecule has 2 aromatic rings. The molecule has 0 saturated carbocycles. The number of rotatable bonds is 8. The zero-order valence-corrected chi connectivity index (χ0v) is 17.6. The number of nitrogens with zero attached hydrogens (tertiary/aromatic N) is 3. The molecule has 1 aliphatic rings. The van der Waals surface area contributed by atoms with E-state index in [-0.39, 0.29) is 24.4 Å². The van der Waals surface area contributed by atoms with Gasteiger partial charge in [0.25, 0.3) is 0 Å². The number of H-pyrrole nitrogens is 1. The molecule has 1 aliphatic heterocycles. The molecule has 1 fully saturated rings. The predicted molar refractivity (Wildman–Crippen MR) is 114 cm³/mol. The Labute approximate surface area is 176 Å². The van der Waals surface area contributed by atoms with Crippen molar-refractivity contribution in [1.82, 2.24) is 20.5 Å². The van der Waals surface area contributed by atoms with Gasteiger partial charge in [-0.05, 0) is 30.7 Å². The van der Waals surface area contributed by atoms with E-state index in [1.165, 1.54) is 6.42 Å². The number of aromatic nitrogens is 3. The van der Waals surface area contributed by atoms with E-state index in [2.05, 4.69) is 30.7 Å². The Morgan fingerprint density at radius 2 is 1.93 bits per heavy atom. The molecule has 30 heavy (non-hydrogen) atoms. The van der Waals surface area contributed by atoms with Crippen LogP contribution in [0.4, 0.5) is 16.7 Å². The minimum atomic E-state index is -0.748. The number of piperidine rings is 1. The van der Waals surface area contributed by atoms with Crippen molar-refractivity contribution < 1.29 is 14.3 Å². The summed E-state index contributed by atoms with van der Waals surface area (Å²) in [6, 6.07) is 8.64. The molecule has 3 N–H and O–H groups in total. The molecule has 9 heteroatoms. The van der Waals surface area contributed by atoms with E-state index in [1.807, 2.05) is 44.2 Å². The second-order valence-corrected chi connectivity index (χ2v) is 7.59. The first-order valence-electron chi connectivity index (χ1n) is 10.5. The van der Waals surface area contributed by atoms with Crippen molar-refractivity contribution in [2.75, 3.05) is 23.3 Å². The standard InChI is InChI=1S/C21H30N6O3/c1-3-15(2)17(22-21(29)30-14-16-10-6-4-7-11-16)18(28)23-19-24-20(26-25-19)27-12-8-5-9-13-27/h4,6-7,10-11,15,17H,3,5,8-9,12-14H2,1-2H3,(H,22,29)(H2,23,24,25,26,28)/t15-,17-/m0/s1. The van der Waals surface area contributed by atoms with Crippen molar-refractivity contribution in [3.63, 3.8) is 0 Å². The van der Waals surface area contributed by atoms with Crippen LogP contribution in [0.5, 0.6) is 0 Å². The van der Waals surface area contributed by atoms with Crippen molar-refractivity contribution in [3.8, 4) is 0 Å². The Bertz CT molecular complexity index is 819. The van der Waals surface area contributed by atoms with E-state index in [0.717, 1.165) is 31.5 Å². The van der Waals surface area contributed by atoms with E-state index >= 15 is 0 Å². The fraction of sp³-hybridized carbons (Fsp3) is 0.524. The number of carbonyl (C=O) groups excluding carboxylic acids is 2. The van der Waals surface area contributed by atoms with Gasteiger partial charge in [0.2, 0.25) is 17.8 Å². The van der Waals surface area contributed by atoms with Crippen LogP contribution in [0.1, 0.15) is 45.1 Å². The van der Waals surface area contributed by atoms with E-state index in [0.29, 0.717) is 12.4 Å². The summed E-state index contributed by atoms with van der Waals surface area (Å²) in [6.45, 7) is 5.83. The SMILES string of the molecule is CC[C@H](C)[C@H](NC(=O)OCc1ccccc1)C(=O)Nc1nc(N2CCCCC2)n[nH]1. The maximum atomic E-state index is 12.8. The third-order valence-corrected chi connectivity index (χ3v) is 5.34. The molecule has 1 aromatic carbocycles. The summed E-state index contributed by atoms with van der Waals surface area (Å²) in [4.78, 5) is 31.6. The Balaban J connectivity index is 1.57. The second-order valence-electron chi connectivity index (χ2n) is 7.59. The van der Waals surface area contributed by atoms with E-state index in [4.69, 9.17) is 4.74 Å². The average molecular weight is 415 g/mol. The van der Waals surface area contributed by atoms with Crippen molar-refractivity contribution in [3.05, 3.63) is 35.9 Å². The van der Waals surface area contributed by atoms with E-state index < -0.39 is 12.1 Å². The van der Waals surface area contributed by atoms with Crippen LogP contribution in [-0.2, 0) is 16.1 Å². The molecule has 0 bridgehead atoms.